The highest BCUT2D eigenvalue weighted by atomic mass is 32.2. The maximum absolute atomic E-state index is 11.4. The number of pyridine rings is 1. The summed E-state index contributed by atoms with van der Waals surface area (Å²) in [5.74, 6) is 0.194. The molecule has 19 heavy (non-hydrogen) atoms. The van der Waals surface area contributed by atoms with Crippen molar-refractivity contribution < 1.29 is 8.42 Å². The number of nitrogen functional groups attached to an aromatic ring is 1. The van der Waals surface area contributed by atoms with Gasteiger partial charge in [-0.15, -0.1) is 0 Å². The smallest absolute Gasteiger partial charge is 0.178 e. The fourth-order valence-corrected chi connectivity index (χ4v) is 2.19. The van der Waals surface area contributed by atoms with Crippen LogP contribution in [-0.2, 0) is 9.84 Å². The fraction of sp³-hybridized carbons (Fsp3) is 0.182. The van der Waals surface area contributed by atoms with Crippen molar-refractivity contribution in [2.45, 2.75) is 11.8 Å². The number of aryl methyl sites for hydroxylation is 1. The lowest BCUT2D eigenvalue weighted by molar-refractivity contribution is 0.602. The molecule has 0 amide bonds. The van der Waals surface area contributed by atoms with E-state index in [1.807, 2.05) is 0 Å². The number of nitrogens with zero attached hydrogens (tertiary/aromatic N) is 3. The van der Waals surface area contributed by atoms with Gasteiger partial charge in [-0.1, -0.05) is 0 Å². The Morgan fingerprint density at radius 3 is 2.68 bits per heavy atom. The second-order valence-corrected chi connectivity index (χ2v) is 6.15. The lowest BCUT2D eigenvalue weighted by Crippen LogP contribution is -2.17. The molecule has 2 aromatic rings. The van der Waals surface area contributed by atoms with E-state index in [4.69, 9.17) is 11.1 Å². The molecule has 0 radical (unpaired) electrons. The van der Waals surface area contributed by atoms with Crippen molar-refractivity contribution in [3.63, 3.8) is 0 Å². The number of aromatic nitrogens is 3. The molecular formula is C11H13N5O2S. The molecule has 2 heterocycles. The number of hydrogen-bond acceptors (Lipinski definition) is 5. The molecule has 0 unspecified atom stereocenters. The fourth-order valence-electron chi connectivity index (χ4n) is 1.66. The predicted molar refractivity (Wildman–Crippen MR) is 70.2 cm³/mol. The third-order valence-electron chi connectivity index (χ3n) is 2.61. The summed E-state index contributed by atoms with van der Waals surface area (Å²) in [6.45, 7) is 1.79. The Kier molecular flexibility index (Phi) is 3.11. The Balaban J connectivity index is 2.63. The number of nitrogens with two attached hydrogens (primary N) is 1. The van der Waals surface area contributed by atoms with E-state index in [1.54, 1.807) is 19.2 Å². The quantitative estimate of drug-likeness (QED) is 0.618. The summed E-state index contributed by atoms with van der Waals surface area (Å²) in [4.78, 5) is 4.20. The summed E-state index contributed by atoms with van der Waals surface area (Å²) in [5, 5.41) is 11.5. The van der Waals surface area contributed by atoms with Gasteiger partial charge in [-0.2, -0.15) is 5.10 Å². The summed E-state index contributed by atoms with van der Waals surface area (Å²) in [6, 6.07) is 1.72. The van der Waals surface area contributed by atoms with Gasteiger partial charge in [-0.3, -0.25) is 5.41 Å². The minimum Gasteiger partial charge on any atom is -0.384 e. The van der Waals surface area contributed by atoms with Crippen LogP contribution in [0.3, 0.4) is 0 Å². The minimum absolute atomic E-state index is 0.0882. The molecule has 100 valence electrons. The van der Waals surface area contributed by atoms with Crippen LogP contribution in [0.5, 0.6) is 0 Å². The lowest BCUT2D eigenvalue weighted by atomic mass is 10.1. The Bertz CT molecular complexity index is 748. The molecule has 3 N–H and O–H groups in total. The van der Waals surface area contributed by atoms with Crippen LogP contribution in [0.25, 0.3) is 5.82 Å². The van der Waals surface area contributed by atoms with Crippen LogP contribution in [0.4, 0.5) is 0 Å². The van der Waals surface area contributed by atoms with Gasteiger partial charge in [0.25, 0.3) is 0 Å². The van der Waals surface area contributed by atoms with Crippen LogP contribution in [0, 0.1) is 12.3 Å². The van der Waals surface area contributed by atoms with Crippen molar-refractivity contribution in [2.75, 3.05) is 6.26 Å². The van der Waals surface area contributed by atoms with E-state index in [0.29, 0.717) is 11.4 Å². The van der Waals surface area contributed by atoms with Gasteiger partial charge in [-0.25, -0.2) is 18.1 Å². The minimum atomic E-state index is -3.33. The summed E-state index contributed by atoms with van der Waals surface area (Å²) in [6.07, 6.45) is 5.25. The topological polar surface area (TPSA) is 115 Å². The second kappa shape index (κ2) is 4.47. The van der Waals surface area contributed by atoms with Crippen molar-refractivity contribution in [1.82, 2.24) is 14.8 Å². The molecule has 0 saturated carbocycles. The van der Waals surface area contributed by atoms with Crippen molar-refractivity contribution >= 4 is 15.7 Å². The van der Waals surface area contributed by atoms with Crippen LogP contribution < -0.4 is 5.73 Å². The third-order valence-corrected chi connectivity index (χ3v) is 3.68. The number of nitrogens with one attached hydrogen (secondary N) is 1. The molecular weight excluding hydrogens is 266 g/mol. The predicted octanol–water partition coefficient (Wildman–Crippen LogP) is 0.263. The molecule has 7 nitrogen and oxygen atoms in total. The molecule has 0 atom stereocenters. The normalized spacial score (nSPS) is 11.5. The van der Waals surface area contributed by atoms with E-state index in [0.717, 1.165) is 11.8 Å². The van der Waals surface area contributed by atoms with Crippen LogP contribution in [0.2, 0.25) is 0 Å². The molecule has 0 aromatic carbocycles. The molecule has 0 aliphatic rings. The highest BCUT2D eigenvalue weighted by Crippen LogP contribution is 2.16. The van der Waals surface area contributed by atoms with Crippen molar-refractivity contribution in [1.29, 1.82) is 5.41 Å². The monoisotopic (exact) mass is 279 g/mol. The van der Waals surface area contributed by atoms with E-state index in [1.165, 1.54) is 17.1 Å². The summed E-state index contributed by atoms with van der Waals surface area (Å²) >= 11 is 0. The molecule has 0 bridgehead atoms. The zero-order valence-corrected chi connectivity index (χ0v) is 11.3. The van der Waals surface area contributed by atoms with Crippen molar-refractivity contribution in [3.8, 4) is 5.82 Å². The van der Waals surface area contributed by atoms with Gasteiger partial charge in [0.15, 0.2) is 15.7 Å². The zero-order valence-electron chi connectivity index (χ0n) is 10.5. The number of sulfone groups is 1. The van der Waals surface area contributed by atoms with Gasteiger partial charge in [0.1, 0.15) is 10.7 Å². The first-order valence-electron chi connectivity index (χ1n) is 5.36. The van der Waals surface area contributed by atoms with E-state index < -0.39 is 9.84 Å². The molecule has 2 rings (SSSR count). The Morgan fingerprint density at radius 2 is 2.16 bits per heavy atom. The average Bonchev–Trinajstić information content (AvgIpc) is 2.76. The molecule has 8 heteroatoms. The van der Waals surface area contributed by atoms with Crippen LogP contribution in [0.1, 0.15) is 11.1 Å². The first-order chi connectivity index (χ1) is 8.80. The average molecular weight is 279 g/mol. The molecule has 2 aromatic heterocycles. The van der Waals surface area contributed by atoms with E-state index in [2.05, 4.69) is 10.1 Å². The lowest BCUT2D eigenvalue weighted by Gasteiger charge is -2.09. The van der Waals surface area contributed by atoms with E-state index in [9.17, 15) is 8.42 Å². The van der Waals surface area contributed by atoms with Gasteiger partial charge >= 0.3 is 0 Å². The largest absolute Gasteiger partial charge is 0.384 e. The molecule has 0 saturated heterocycles. The summed E-state index contributed by atoms with van der Waals surface area (Å²) in [7, 11) is -3.33. The standard InChI is InChI=1S/C11H13N5O2S/c1-7-3-4-14-11(9(7)10(12)13)16-6-8(5-15-16)19(2,17)18/h3-6H,1-2H3,(H3,12,13). The van der Waals surface area contributed by atoms with Crippen LogP contribution in [0.15, 0.2) is 29.6 Å². The summed E-state index contributed by atoms with van der Waals surface area (Å²) < 4.78 is 24.2. The number of rotatable bonds is 3. The Labute approximate surface area is 110 Å². The van der Waals surface area contributed by atoms with Gasteiger partial charge in [0, 0.05) is 12.5 Å². The Hall–Kier alpha value is -2.22. The zero-order chi connectivity index (χ0) is 14.2. The third kappa shape index (κ3) is 2.48. The molecule has 0 aliphatic carbocycles. The second-order valence-electron chi connectivity index (χ2n) is 4.13. The first kappa shape index (κ1) is 13.2. The number of hydrogen-bond donors (Lipinski definition) is 2. The van der Waals surface area contributed by atoms with E-state index in [-0.39, 0.29) is 10.7 Å². The molecule has 0 aliphatic heterocycles. The van der Waals surface area contributed by atoms with Crippen LogP contribution >= 0.6 is 0 Å². The van der Waals surface area contributed by atoms with Gasteiger partial charge in [0.2, 0.25) is 0 Å². The Morgan fingerprint density at radius 1 is 1.47 bits per heavy atom. The highest BCUT2D eigenvalue weighted by molar-refractivity contribution is 7.90. The maximum atomic E-state index is 11.4. The molecule has 0 spiro atoms. The maximum Gasteiger partial charge on any atom is 0.178 e. The van der Waals surface area contributed by atoms with Crippen molar-refractivity contribution in [3.05, 3.63) is 35.8 Å². The van der Waals surface area contributed by atoms with Crippen LogP contribution in [-0.4, -0.2) is 35.3 Å². The first-order valence-corrected chi connectivity index (χ1v) is 7.25. The SMILES string of the molecule is Cc1ccnc(-n2cc(S(C)(=O)=O)cn2)c1C(=N)N. The van der Waals surface area contributed by atoms with Gasteiger partial charge in [0.05, 0.1) is 18.0 Å². The summed E-state index contributed by atoms with van der Waals surface area (Å²) in [5.41, 5.74) is 6.74. The van der Waals surface area contributed by atoms with Gasteiger partial charge < -0.3 is 5.73 Å². The van der Waals surface area contributed by atoms with E-state index >= 15 is 0 Å². The highest BCUT2D eigenvalue weighted by Gasteiger charge is 2.16. The molecule has 0 fully saturated rings. The van der Waals surface area contributed by atoms with Crippen molar-refractivity contribution in [2.24, 2.45) is 5.73 Å². The number of amidine groups is 1. The van der Waals surface area contributed by atoms with Gasteiger partial charge in [-0.05, 0) is 18.6 Å².